The zero-order valence-corrected chi connectivity index (χ0v) is 14.7. The number of thiocarbonyl (C=S) groups is 1. The minimum atomic E-state index is -0.939. The zero-order chi connectivity index (χ0) is 16.5. The van der Waals surface area contributed by atoms with Crippen molar-refractivity contribution in [1.82, 2.24) is 4.90 Å². The maximum absolute atomic E-state index is 12.7. The molecule has 0 spiro atoms. The second kappa shape index (κ2) is 6.26. The van der Waals surface area contributed by atoms with E-state index in [-0.39, 0.29) is 17.6 Å². The van der Waals surface area contributed by atoms with Gasteiger partial charge in [-0.1, -0.05) is 36.1 Å². The summed E-state index contributed by atoms with van der Waals surface area (Å²) in [6.45, 7) is 3.48. The number of rotatable bonds is 2. The van der Waals surface area contributed by atoms with Gasteiger partial charge in [0.05, 0.1) is 17.1 Å². The molecule has 0 saturated heterocycles. The highest BCUT2D eigenvalue weighted by molar-refractivity contribution is 8.23. The normalized spacial score (nSPS) is 15.8. The number of hydrogen-bond donors (Lipinski definition) is 1. The third-order valence-corrected chi connectivity index (χ3v) is 5.16. The zero-order valence-electron chi connectivity index (χ0n) is 13.0. The number of hydrogen-bond acceptors (Lipinski definition) is 4. The van der Waals surface area contributed by atoms with Crippen molar-refractivity contribution in [2.45, 2.75) is 19.4 Å². The van der Waals surface area contributed by atoms with Crippen LogP contribution < -0.4 is 10.2 Å². The van der Waals surface area contributed by atoms with E-state index in [1.807, 2.05) is 32.3 Å². The summed E-state index contributed by atoms with van der Waals surface area (Å²) in [6, 6.07) is 7.31. The van der Waals surface area contributed by atoms with Crippen LogP contribution in [0.2, 0.25) is 0 Å². The molecule has 2 amide bonds. The predicted molar refractivity (Wildman–Crippen MR) is 95.4 cm³/mol. The van der Waals surface area contributed by atoms with Gasteiger partial charge in [-0.05, 0) is 26.0 Å². The lowest BCUT2D eigenvalue weighted by Crippen LogP contribution is -2.59. The van der Waals surface area contributed by atoms with E-state index in [0.717, 1.165) is 0 Å². The second-order valence-electron chi connectivity index (χ2n) is 5.71. The number of carbonyl (C=O) groups excluding carboxylic acids is 2. The summed E-state index contributed by atoms with van der Waals surface area (Å²) < 4.78 is 0.640. The first kappa shape index (κ1) is 16.8. The number of benzene rings is 1. The Kier molecular flexibility index (Phi) is 4.77. The van der Waals surface area contributed by atoms with E-state index in [1.165, 1.54) is 11.8 Å². The third-order valence-electron chi connectivity index (χ3n) is 3.44. The van der Waals surface area contributed by atoms with Crippen LogP contribution in [0.1, 0.15) is 13.8 Å². The molecule has 1 heterocycles. The lowest BCUT2D eigenvalue weighted by molar-refractivity contribution is -0.125. The highest BCUT2D eigenvalue weighted by atomic mass is 32.2. The average Bonchev–Trinajstić information content (AvgIpc) is 2.45. The van der Waals surface area contributed by atoms with E-state index in [0.29, 0.717) is 15.7 Å². The Labute approximate surface area is 140 Å². The van der Waals surface area contributed by atoms with Gasteiger partial charge in [0.2, 0.25) is 11.8 Å². The number of thioether (sulfide) groups is 1. The van der Waals surface area contributed by atoms with E-state index >= 15 is 0 Å². The van der Waals surface area contributed by atoms with E-state index in [4.69, 9.17) is 12.2 Å². The van der Waals surface area contributed by atoms with E-state index < -0.39 is 5.54 Å². The Bertz CT molecular complexity index is 629. The molecule has 118 valence electrons. The van der Waals surface area contributed by atoms with Crippen LogP contribution in [0.15, 0.2) is 24.3 Å². The first-order valence-electron chi connectivity index (χ1n) is 6.82. The van der Waals surface area contributed by atoms with Crippen molar-refractivity contribution in [2.24, 2.45) is 0 Å². The van der Waals surface area contributed by atoms with Crippen LogP contribution in [0.4, 0.5) is 11.4 Å². The molecule has 0 fully saturated rings. The molecule has 1 N–H and O–H groups in total. The number of anilines is 2. The van der Waals surface area contributed by atoms with E-state index in [2.05, 4.69) is 5.32 Å². The molecule has 7 heteroatoms. The summed E-state index contributed by atoms with van der Waals surface area (Å²) in [5, 5.41) is 2.84. The molecular weight excluding hydrogens is 318 g/mol. The highest BCUT2D eigenvalue weighted by Crippen LogP contribution is 2.37. The first-order chi connectivity index (χ1) is 10.2. The number of nitrogens with zero attached hydrogens (tertiary/aromatic N) is 2. The van der Waals surface area contributed by atoms with Crippen LogP contribution in [0, 0.1) is 0 Å². The summed E-state index contributed by atoms with van der Waals surface area (Å²) >= 11 is 6.49. The van der Waals surface area contributed by atoms with Crippen molar-refractivity contribution >= 4 is 51.5 Å². The smallest absolute Gasteiger partial charge is 0.250 e. The Morgan fingerprint density at radius 1 is 1.36 bits per heavy atom. The molecule has 1 aliphatic heterocycles. The summed E-state index contributed by atoms with van der Waals surface area (Å²) in [6.07, 6.45) is 0. The van der Waals surface area contributed by atoms with Crippen LogP contribution in [0.3, 0.4) is 0 Å². The molecule has 22 heavy (non-hydrogen) atoms. The monoisotopic (exact) mass is 337 g/mol. The Morgan fingerprint density at radius 3 is 2.64 bits per heavy atom. The minimum absolute atomic E-state index is 0.137. The number of para-hydroxylation sites is 2. The van der Waals surface area contributed by atoms with Crippen LogP contribution in [-0.2, 0) is 9.59 Å². The molecule has 1 aromatic carbocycles. The molecule has 0 aromatic heterocycles. The van der Waals surface area contributed by atoms with Gasteiger partial charge in [0, 0.05) is 14.1 Å². The Morgan fingerprint density at radius 2 is 2.00 bits per heavy atom. The van der Waals surface area contributed by atoms with E-state index in [9.17, 15) is 9.59 Å². The largest absolute Gasteiger partial charge is 0.364 e. The van der Waals surface area contributed by atoms with Crippen LogP contribution in [0.5, 0.6) is 0 Å². The maximum atomic E-state index is 12.7. The topological polar surface area (TPSA) is 52.7 Å². The SMILES string of the molecule is CN(C)C(=S)SCC(=O)N1c2ccccc2NC(=O)C1(C)C. The van der Waals surface area contributed by atoms with E-state index in [1.54, 1.807) is 29.7 Å². The lowest BCUT2D eigenvalue weighted by Gasteiger charge is -2.42. The number of carbonyl (C=O) groups is 2. The van der Waals surface area contributed by atoms with Crippen molar-refractivity contribution in [1.29, 1.82) is 0 Å². The Hall–Kier alpha value is -1.60. The average molecular weight is 337 g/mol. The maximum Gasteiger partial charge on any atom is 0.250 e. The fourth-order valence-electron chi connectivity index (χ4n) is 2.22. The molecule has 0 radical (unpaired) electrons. The molecule has 5 nitrogen and oxygen atoms in total. The summed E-state index contributed by atoms with van der Waals surface area (Å²) in [5.74, 6) is -0.136. The Balaban J connectivity index is 2.28. The summed E-state index contributed by atoms with van der Waals surface area (Å²) in [7, 11) is 3.68. The second-order valence-corrected chi connectivity index (χ2v) is 7.32. The van der Waals surface area contributed by atoms with Gasteiger partial charge in [-0.25, -0.2) is 0 Å². The molecule has 0 atom stereocenters. The molecular formula is C15H19N3O2S2. The molecule has 0 aliphatic carbocycles. The third kappa shape index (κ3) is 3.10. The van der Waals surface area contributed by atoms with Crippen molar-refractivity contribution in [3.8, 4) is 0 Å². The quantitative estimate of drug-likeness (QED) is 0.840. The van der Waals surface area contributed by atoms with Gasteiger partial charge in [0.25, 0.3) is 0 Å². The van der Waals surface area contributed by atoms with Crippen molar-refractivity contribution in [2.75, 3.05) is 30.1 Å². The minimum Gasteiger partial charge on any atom is -0.364 e. The molecule has 0 saturated carbocycles. The van der Waals surface area contributed by atoms with Crippen LogP contribution in [0.25, 0.3) is 0 Å². The van der Waals surface area contributed by atoms with Gasteiger partial charge in [-0.15, -0.1) is 0 Å². The predicted octanol–water partition coefficient (Wildman–Crippen LogP) is 2.33. The molecule has 1 aliphatic rings. The van der Waals surface area contributed by atoms with Gasteiger partial charge in [0.1, 0.15) is 9.86 Å². The highest BCUT2D eigenvalue weighted by Gasteiger charge is 2.43. The number of nitrogens with one attached hydrogen (secondary N) is 1. The van der Waals surface area contributed by atoms with Gasteiger partial charge < -0.3 is 10.2 Å². The van der Waals surface area contributed by atoms with Crippen LogP contribution in [-0.4, -0.2) is 46.4 Å². The first-order valence-corrected chi connectivity index (χ1v) is 8.22. The van der Waals surface area contributed by atoms with Crippen LogP contribution >= 0.6 is 24.0 Å². The van der Waals surface area contributed by atoms with Crippen molar-refractivity contribution in [3.05, 3.63) is 24.3 Å². The van der Waals surface area contributed by atoms with Crippen molar-refractivity contribution < 1.29 is 9.59 Å². The fourth-order valence-corrected chi connectivity index (χ4v) is 3.03. The molecule has 2 rings (SSSR count). The van der Waals surface area contributed by atoms with Gasteiger partial charge in [0.15, 0.2) is 0 Å². The standard InChI is InChI=1S/C15H19N3O2S2/c1-15(2)13(20)16-10-7-5-6-8-11(10)18(15)12(19)9-22-14(21)17(3)4/h5-8H,9H2,1-4H3,(H,16,20). The number of amides is 2. The van der Waals surface area contributed by atoms with Crippen molar-refractivity contribution in [3.63, 3.8) is 0 Å². The molecule has 0 unspecified atom stereocenters. The van der Waals surface area contributed by atoms with Gasteiger partial charge >= 0.3 is 0 Å². The summed E-state index contributed by atoms with van der Waals surface area (Å²) in [4.78, 5) is 28.3. The lowest BCUT2D eigenvalue weighted by atomic mass is 9.96. The van der Waals surface area contributed by atoms with Gasteiger partial charge in [-0.3, -0.25) is 14.5 Å². The summed E-state index contributed by atoms with van der Waals surface area (Å²) in [5.41, 5.74) is 0.431. The fraction of sp³-hybridized carbons (Fsp3) is 0.400. The van der Waals surface area contributed by atoms with Gasteiger partial charge in [-0.2, -0.15) is 0 Å². The number of fused-ring (bicyclic) bond motifs is 1. The molecule has 1 aromatic rings. The molecule has 0 bridgehead atoms.